The van der Waals surface area contributed by atoms with Crippen LogP contribution in [0.2, 0.25) is 0 Å². The first-order valence-electron chi connectivity index (χ1n) is 6.34. The van der Waals surface area contributed by atoms with E-state index >= 15 is 0 Å². The van der Waals surface area contributed by atoms with E-state index in [0.717, 1.165) is 11.4 Å². The van der Waals surface area contributed by atoms with Gasteiger partial charge in [0.15, 0.2) is 0 Å². The molecular weight excluding hydrogens is 291 g/mol. The molecule has 100 valence electrons. The molecule has 0 heterocycles. The van der Waals surface area contributed by atoms with Gasteiger partial charge in [-0.3, -0.25) is 0 Å². The first-order chi connectivity index (χ1) is 9.09. The van der Waals surface area contributed by atoms with E-state index in [0.29, 0.717) is 0 Å². The number of para-hydroxylation sites is 2. The van der Waals surface area contributed by atoms with Crippen LogP contribution in [0.1, 0.15) is 0 Å². The molecule has 0 aliphatic carbocycles. The van der Waals surface area contributed by atoms with Gasteiger partial charge in [-0.05, 0) is 37.3 Å². The Labute approximate surface area is 147 Å². The molecule has 0 amide bonds. The molecule has 0 unspecified atom stereocenters. The van der Waals surface area contributed by atoms with Gasteiger partial charge in [-0.2, -0.15) is 0 Å². The Morgan fingerprint density at radius 1 is 0.650 bits per heavy atom. The molecule has 2 aromatic carbocycles. The van der Waals surface area contributed by atoms with E-state index in [9.17, 15) is 0 Å². The second-order valence-electron chi connectivity index (χ2n) is 4.88. The average Bonchev–Trinajstić information content (AvgIpc) is 2.39. The molecule has 0 spiro atoms. The Bertz CT molecular complexity index is 506. The number of hydrogen-bond acceptors (Lipinski definition) is 0. The van der Waals surface area contributed by atoms with E-state index in [1.54, 1.807) is 0 Å². The van der Waals surface area contributed by atoms with Crippen molar-refractivity contribution in [2.45, 2.75) is 0 Å². The van der Waals surface area contributed by atoms with Gasteiger partial charge in [0.05, 0.1) is 0 Å². The van der Waals surface area contributed by atoms with Crippen molar-refractivity contribution in [2.24, 2.45) is 0 Å². The fourth-order valence-electron chi connectivity index (χ4n) is 2.00. The van der Waals surface area contributed by atoms with Crippen LogP contribution in [0.15, 0.2) is 48.5 Å². The third kappa shape index (κ3) is 4.55. The average molecular weight is 311 g/mol. The number of benzene rings is 2. The van der Waals surface area contributed by atoms with Crippen molar-refractivity contribution in [3.8, 4) is 0 Å². The van der Waals surface area contributed by atoms with Gasteiger partial charge >= 0.3 is 29.6 Å². The van der Waals surface area contributed by atoms with E-state index in [1.165, 1.54) is 10.6 Å². The van der Waals surface area contributed by atoms with Gasteiger partial charge in [0.1, 0.15) is 0 Å². The van der Waals surface area contributed by atoms with Crippen molar-refractivity contribution < 1.29 is 29.6 Å². The van der Waals surface area contributed by atoms with Gasteiger partial charge in [0.25, 0.3) is 0 Å². The van der Waals surface area contributed by atoms with Crippen LogP contribution in [0.3, 0.4) is 0 Å². The predicted molar refractivity (Wildman–Crippen MR) is 92.4 cm³/mol. The molecule has 2 rings (SSSR count). The van der Waals surface area contributed by atoms with Crippen LogP contribution in [-0.4, -0.2) is 26.7 Å². The van der Waals surface area contributed by atoms with E-state index in [4.69, 9.17) is 5.32 Å². The zero-order valence-corrected chi connectivity index (χ0v) is 16.7. The summed E-state index contributed by atoms with van der Waals surface area (Å²) >= 11 is 0. The summed E-state index contributed by atoms with van der Waals surface area (Å²) in [5.41, 5.74) is 2.26. The summed E-state index contributed by atoms with van der Waals surface area (Å²) in [6.07, 6.45) is 0. The maximum Gasteiger partial charge on any atom is 1.00 e. The summed E-state index contributed by atoms with van der Waals surface area (Å²) in [4.78, 5) is 0. The predicted octanol–water partition coefficient (Wildman–Crippen LogP) is 1.76. The van der Waals surface area contributed by atoms with E-state index in [2.05, 4.69) is 75.2 Å². The monoisotopic (exact) mass is 311 g/mol. The third-order valence-corrected chi connectivity index (χ3v) is 5.65. The third-order valence-electron chi connectivity index (χ3n) is 2.97. The molecule has 0 aliphatic heterocycles. The molecule has 0 aromatic heterocycles. The summed E-state index contributed by atoms with van der Waals surface area (Å²) < 4.78 is 0. The van der Waals surface area contributed by atoms with Gasteiger partial charge in [-0.25, -0.2) is 0 Å². The van der Waals surface area contributed by atoms with Gasteiger partial charge in [-0.15, -0.1) is 11.4 Å². The molecule has 0 radical (unpaired) electrons. The Morgan fingerprint density at radius 2 is 1.00 bits per heavy atom. The minimum Gasteiger partial charge on any atom is -0.657 e. The first kappa shape index (κ1) is 18.1. The van der Waals surface area contributed by atoms with Gasteiger partial charge in [0.2, 0.25) is 0 Å². The first-order valence-corrected chi connectivity index (χ1v) is 10.8. The summed E-state index contributed by atoms with van der Waals surface area (Å²) in [7, 11) is -0.252. The van der Waals surface area contributed by atoms with Crippen LogP contribution in [-0.2, 0) is 0 Å². The van der Waals surface area contributed by atoms with Crippen LogP contribution in [0.4, 0.5) is 11.4 Å². The molecule has 0 aliphatic rings. The molecule has 4 heteroatoms. The van der Waals surface area contributed by atoms with Gasteiger partial charge < -0.3 is 5.32 Å². The fourth-order valence-corrected chi connectivity index (χ4v) is 3.94. The number of rotatable bonds is 4. The molecule has 1 nitrogen and oxygen atoms in total. The normalized spacial score (nSPS) is 10.5. The minimum absolute atomic E-state index is 0. The minimum atomic E-state index is -0.126. The quantitative estimate of drug-likeness (QED) is 0.603. The molecule has 0 saturated carbocycles. The van der Waals surface area contributed by atoms with Crippen molar-refractivity contribution in [3.63, 3.8) is 0 Å². The van der Waals surface area contributed by atoms with E-state index < -0.39 is 0 Å². The van der Waals surface area contributed by atoms with E-state index in [-0.39, 0.29) is 45.4 Å². The van der Waals surface area contributed by atoms with Crippen LogP contribution in [0, 0.1) is 0 Å². The maximum atomic E-state index is 4.92. The summed E-state index contributed by atoms with van der Waals surface area (Å²) in [6.45, 7) is 9.12. The fraction of sp³-hybridized carbons (Fsp3) is 0.250. The summed E-state index contributed by atoms with van der Waals surface area (Å²) in [6, 6.07) is 17.0. The maximum absolute atomic E-state index is 4.92. The van der Waals surface area contributed by atoms with Crippen LogP contribution < -0.4 is 40.2 Å². The zero-order valence-electron chi connectivity index (χ0n) is 13.0. The van der Waals surface area contributed by atoms with Gasteiger partial charge in [-0.1, -0.05) is 64.4 Å². The Balaban J connectivity index is 0.00000200. The number of hydrogen-bond donors (Lipinski definition) is 0. The molecule has 0 saturated heterocycles. The van der Waals surface area contributed by atoms with Crippen LogP contribution in [0.5, 0.6) is 0 Å². The second kappa shape index (κ2) is 8.52. The second-order valence-corrected chi connectivity index (χ2v) is 9.42. The molecule has 2 aromatic rings. The zero-order chi connectivity index (χ0) is 13.8. The smallest absolute Gasteiger partial charge is 0.657 e. The SMILES string of the molecule is CP(C)c1ccccc1[N-]c1ccccc1P(C)C.[Na+]. The molecule has 0 bridgehead atoms. The number of nitrogens with zero attached hydrogens (tertiary/aromatic N) is 1. The molecule has 0 fully saturated rings. The molecule has 0 N–H and O–H groups in total. The molecular formula is C16H20NNaP2. The van der Waals surface area contributed by atoms with Crippen molar-refractivity contribution in [1.29, 1.82) is 0 Å². The van der Waals surface area contributed by atoms with Crippen molar-refractivity contribution in [3.05, 3.63) is 53.8 Å². The van der Waals surface area contributed by atoms with Crippen LogP contribution in [0.25, 0.3) is 5.32 Å². The molecule has 20 heavy (non-hydrogen) atoms. The van der Waals surface area contributed by atoms with Crippen LogP contribution >= 0.6 is 15.8 Å². The topological polar surface area (TPSA) is 14.1 Å². The molecule has 0 atom stereocenters. The largest absolute Gasteiger partial charge is 1.00 e. The Morgan fingerprint density at radius 3 is 1.35 bits per heavy atom. The standard InChI is InChI=1S/C16H20NP2.Na/c1-18(2)15-11-7-5-9-13(15)17-14-10-6-8-12-16(14)19(3)4;/h5-12H,1-4H3;/q-1;+1. The summed E-state index contributed by atoms with van der Waals surface area (Å²) in [5, 5.41) is 7.67. The Hall–Kier alpha value is 0.1000. The Kier molecular flexibility index (Phi) is 7.73. The van der Waals surface area contributed by atoms with Crippen molar-refractivity contribution >= 4 is 37.8 Å². The summed E-state index contributed by atoms with van der Waals surface area (Å²) in [5.74, 6) is 0. The van der Waals surface area contributed by atoms with E-state index in [1.807, 2.05) is 0 Å². The van der Waals surface area contributed by atoms with Gasteiger partial charge in [0, 0.05) is 0 Å². The van der Waals surface area contributed by atoms with Crippen molar-refractivity contribution in [2.75, 3.05) is 26.7 Å². The van der Waals surface area contributed by atoms with Crippen molar-refractivity contribution in [1.82, 2.24) is 0 Å².